The Morgan fingerprint density at radius 2 is 1.43 bits per heavy atom. The van der Waals surface area contributed by atoms with Crippen LogP contribution in [0.4, 0.5) is 24.1 Å². The smallest absolute Gasteiger partial charge is 0.408 e. The van der Waals surface area contributed by atoms with Crippen molar-refractivity contribution in [3.8, 4) is 11.1 Å². The van der Waals surface area contributed by atoms with Crippen LogP contribution in [0.15, 0.2) is 72.8 Å². The summed E-state index contributed by atoms with van der Waals surface area (Å²) in [5, 5.41) is 8.16. The summed E-state index contributed by atoms with van der Waals surface area (Å²) in [6.07, 6.45) is -1.84. The van der Waals surface area contributed by atoms with E-state index in [4.69, 9.17) is 14.2 Å². The topological polar surface area (TPSA) is 132 Å². The Hall–Kier alpha value is -5.00. The van der Waals surface area contributed by atoms with Gasteiger partial charge in [-0.25, -0.2) is 23.2 Å². The minimum absolute atomic E-state index is 0.0813. The molecule has 272 valence electrons. The normalized spacial score (nSPS) is 16.5. The van der Waals surface area contributed by atoms with E-state index >= 15 is 0 Å². The van der Waals surface area contributed by atoms with E-state index in [1.165, 1.54) is 7.11 Å². The van der Waals surface area contributed by atoms with Crippen LogP contribution in [0.5, 0.6) is 0 Å². The van der Waals surface area contributed by atoms with Crippen molar-refractivity contribution in [1.82, 2.24) is 10.6 Å². The Morgan fingerprint density at radius 3 is 2.00 bits per heavy atom. The molecule has 2 aliphatic rings. The fraction of sp³-hybridized carbons (Fsp3) is 0.436. The highest BCUT2D eigenvalue weighted by atomic mass is 19.3. The van der Waals surface area contributed by atoms with Gasteiger partial charge in [-0.15, -0.1) is 0 Å². The van der Waals surface area contributed by atoms with Gasteiger partial charge in [0, 0.05) is 43.3 Å². The predicted molar refractivity (Wildman–Crippen MR) is 187 cm³/mol. The third-order valence-electron chi connectivity index (χ3n) is 9.24. The van der Waals surface area contributed by atoms with Crippen LogP contribution in [0, 0.1) is 5.92 Å². The molecule has 5 rings (SSSR count). The molecular weight excluding hydrogens is 660 g/mol. The van der Waals surface area contributed by atoms with E-state index in [0.29, 0.717) is 11.3 Å². The first-order valence-electron chi connectivity index (χ1n) is 17.2. The van der Waals surface area contributed by atoms with Crippen LogP contribution >= 0.6 is 0 Å². The van der Waals surface area contributed by atoms with Crippen LogP contribution in [0.3, 0.4) is 0 Å². The van der Waals surface area contributed by atoms with Gasteiger partial charge in [-0.05, 0) is 79.5 Å². The molecule has 3 amide bonds. The van der Waals surface area contributed by atoms with Gasteiger partial charge in [0.1, 0.15) is 18.2 Å². The summed E-state index contributed by atoms with van der Waals surface area (Å²) in [7, 11) is 1.22. The number of carbonyl (C=O) groups excluding carboxylic acids is 4. The highest BCUT2D eigenvalue weighted by Gasteiger charge is 2.39. The number of esters is 1. The Labute approximate surface area is 296 Å². The number of hydrogen-bond donors (Lipinski definition) is 3. The van der Waals surface area contributed by atoms with E-state index in [2.05, 4.69) is 16.0 Å². The largest absolute Gasteiger partial charge is 0.467 e. The lowest BCUT2D eigenvalue weighted by Gasteiger charge is -2.33. The zero-order chi connectivity index (χ0) is 36.8. The molecule has 12 heteroatoms. The molecule has 2 aliphatic carbocycles. The van der Waals surface area contributed by atoms with Gasteiger partial charge in [-0.2, -0.15) is 0 Å². The third-order valence-corrected chi connectivity index (χ3v) is 9.24. The summed E-state index contributed by atoms with van der Waals surface area (Å²) in [5.41, 5.74) is 4.68. The van der Waals surface area contributed by atoms with Gasteiger partial charge in [0.2, 0.25) is 11.8 Å². The van der Waals surface area contributed by atoms with Gasteiger partial charge in [0.05, 0.1) is 7.11 Å². The van der Waals surface area contributed by atoms with Gasteiger partial charge in [0.15, 0.2) is 0 Å². The van der Waals surface area contributed by atoms with Crippen molar-refractivity contribution < 1.29 is 42.2 Å². The van der Waals surface area contributed by atoms with Crippen molar-refractivity contribution in [3.05, 3.63) is 89.5 Å². The number of fused-ring (bicyclic) bond motifs is 3. The molecule has 51 heavy (non-hydrogen) atoms. The van der Waals surface area contributed by atoms with Gasteiger partial charge >= 0.3 is 18.2 Å². The first-order valence-corrected chi connectivity index (χ1v) is 17.2. The molecule has 3 aromatic carbocycles. The summed E-state index contributed by atoms with van der Waals surface area (Å²) in [4.78, 5) is 51.1. The van der Waals surface area contributed by atoms with Crippen molar-refractivity contribution in [2.75, 3.05) is 19.0 Å². The molecule has 3 N–H and O–H groups in total. The predicted octanol–water partition coefficient (Wildman–Crippen LogP) is 7.36. The first-order chi connectivity index (χ1) is 24.2. The third kappa shape index (κ3) is 10.0. The molecule has 10 nitrogen and oxygen atoms in total. The maximum Gasteiger partial charge on any atom is 0.408 e. The molecule has 2 atom stereocenters. The van der Waals surface area contributed by atoms with Crippen molar-refractivity contribution in [3.63, 3.8) is 0 Å². The summed E-state index contributed by atoms with van der Waals surface area (Å²) >= 11 is 0. The van der Waals surface area contributed by atoms with E-state index < -0.39 is 47.7 Å². The Morgan fingerprint density at radius 1 is 0.843 bits per heavy atom. The zero-order valence-electron chi connectivity index (χ0n) is 29.3. The molecule has 0 saturated heterocycles. The van der Waals surface area contributed by atoms with Crippen molar-refractivity contribution in [2.45, 2.75) is 88.8 Å². The number of benzene rings is 3. The molecular formula is C39H45F2N3O7. The average Bonchev–Trinajstić information content (AvgIpc) is 3.40. The van der Waals surface area contributed by atoms with Crippen LogP contribution in [0.1, 0.15) is 75.5 Å². The van der Waals surface area contributed by atoms with Crippen molar-refractivity contribution in [2.24, 2.45) is 5.92 Å². The second-order valence-corrected chi connectivity index (χ2v) is 14.1. The number of hydrogen-bond acceptors (Lipinski definition) is 7. The number of halogens is 2. The second-order valence-electron chi connectivity index (χ2n) is 14.1. The molecule has 0 unspecified atom stereocenters. The number of amides is 3. The highest BCUT2D eigenvalue weighted by Crippen LogP contribution is 2.44. The van der Waals surface area contributed by atoms with Crippen molar-refractivity contribution >= 4 is 29.8 Å². The van der Waals surface area contributed by atoms with Crippen molar-refractivity contribution in [1.29, 1.82) is 0 Å². The maximum atomic E-state index is 14.0. The van der Waals surface area contributed by atoms with Gasteiger partial charge in [-0.1, -0.05) is 60.7 Å². The average molecular weight is 706 g/mol. The molecule has 0 heterocycles. The van der Waals surface area contributed by atoms with Gasteiger partial charge < -0.3 is 30.2 Å². The SMILES string of the molecule is COC(=O)[C@@H](Cc1ccc(NC(=O)C[C@@H](NC(=O)OCC2c3ccccc3-c3ccccc32)C2CCC(F)(F)CC2)cc1)NC(=O)OC(C)(C)C. The van der Waals surface area contributed by atoms with Crippen LogP contribution < -0.4 is 16.0 Å². The molecule has 0 aromatic heterocycles. The number of anilines is 1. The second kappa shape index (κ2) is 15.9. The molecule has 0 aliphatic heterocycles. The van der Waals surface area contributed by atoms with Crippen LogP contribution in [0.25, 0.3) is 11.1 Å². The summed E-state index contributed by atoms with van der Waals surface area (Å²) < 4.78 is 43.9. The molecule has 0 spiro atoms. The Balaban J connectivity index is 1.20. The number of nitrogens with one attached hydrogen (secondary N) is 3. The lowest BCUT2D eigenvalue weighted by atomic mass is 9.81. The van der Waals surface area contributed by atoms with E-state index in [1.54, 1.807) is 45.0 Å². The number of alkyl carbamates (subject to hydrolysis) is 2. The maximum absolute atomic E-state index is 14.0. The van der Waals surface area contributed by atoms with E-state index in [1.807, 2.05) is 48.5 Å². The van der Waals surface area contributed by atoms with Crippen LogP contribution in [-0.2, 0) is 30.2 Å². The Bertz CT molecular complexity index is 1670. The lowest BCUT2D eigenvalue weighted by Crippen LogP contribution is -2.45. The standard InChI is InChI=1S/C39H45F2N3O7/c1-38(2,3)51-37(48)44-33(35(46)49-4)21-24-13-15-26(16-14-24)42-34(45)22-32(25-17-19-39(40,41)20-18-25)43-36(47)50-23-31-29-11-7-5-9-27(29)28-10-6-8-12-30(28)31/h5-16,25,31-33H,17-23H2,1-4H3,(H,42,45)(H,43,47)(H,44,48)/t32-,33-/m1/s1. The number of carbonyl (C=O) groups is 4. The van der Waals surface area contributed by atoms with Gasteiger partial charge in [0.25, 0.3) is 0 Å². The number of rotatable bonds is 11. The minimum atomic E-state index is -2.77. The van der Waals surface area contributed by atoms with Gasteiger partial charge in [-0.3, -0.25) is 4.79 Å². The summed E-state index contributed by atoms with van der Waals surface area (Å²) in [6.45, 7) is 5.21. The van der Waals surface area contributed by atoms with E-state index in [0.717, 1.165) is 22.3 Å². The molecule has 0 bridgehead atoms. The molecule has 1 saturated carbocycles. The summed E-state index contributed by atoms with van der Waals surface area (Å²) in [6, 6.07) is 20.9. The molecule has 3 aromatic rings. The highest BCUT2D eigenvalue weighted by molar-refractivity contribution is 5.91. The Kier molecular flexibility index (Phi) is 11.6. The number of ether oxygens (including phenoxy) is 3. The van der Waals surface area contributed by atoms with Crippen LogP contribution in [0.2, 0.25) is 0 Å². The van der Waals surface area contributed by atoms with E-state index in [-0.39, 0.29) is 57.0 Å². The van der Waals surface area contributed by atoms with Crippen LogP contribution in [-0.4, -0.2) is 61.4 Å². The quantitative estimate of drug-likeness (QED) is 0.140. The van der Waals surface area contributed by atoms with E-state index in [9.17, 15) is 28.0 Å². The first kappa shape index (κ1) is 37.3. The molecule has 1 fully saturated rings. The number of alkyl halides is 2. The molecule has 0 radical (unpaired) electrons. The summed E-state index contributed by atoms with van der Waals surface area (Å²) in [5.74, 6) is -4.33. The minimum Gasteiger partial charge on any atom is -0.467 e. The zero-order valence-corrected chi connectivity index (χ0v) is 29.3. The lowest BCUT2D eigenvalue weighted by molar-refractivity contribution is -0.143. The fourth-order valence-corrected chi connectivity index (χ4v) is 6.75. The monoisotopic (exact) mass is 705 g/mol. The number of methoxy groups -OCH3 is 1. The fourth-order valence-electron chi connectivity index (χ4n) is 6.75.